The van der Waals surface area contributed by atoms with E-state index in [1.165, 1.54) is 17.7 Å². The highest BCUT2D eigenvalue weighted by Gasteiger charge is 2.43. The van der Waals surface area contributed by atoms with E-state index in [0.717, 1.165) is 44.9 Å². The first-order chi connectivity index (χ1) is 22.0. The van der Waals surface area contributed by atoms with Crippen LogP contribution in [0.2, 0.25) is 0 Å². The Hall–Kier alpha value is -4.24. The summed E-state index contributed by atoms with van der Waals surface area (Å²) in [6.07, 6.45) is -10.6. The third kappa shape index (κ3) is 16.5. The molecule has 2 fully saturated rings. The highest BCUT2D eigenvalue weighted by atomic mass is 19.4. The molecule has 1 aromatic heterocycles. The second-order valence-corrected chi connectivity index (χ2v) is 9.99. The van der Waals surface area contributed by atoms with Gasteiger partial charge in [0, 0.05) is 50.2 Å². The number of anilines is 1. The first-order valence-electron chi connectivity index (χ1n) is 13.3. The molecule has 0 bridgehead atoms. The lowest BCUT2D eigenvalue weighted by Crippen LogP contribution is -2.43. The van der Waals surface area contributed by atoms with Gasteiger partial charge in [-0.2, -0.15) is 39.5 Å². The van der Waals surface area contributed by atoms with Crippen LogP contribution in [0.25, 0.3) is 0 Å². The van der Waals surface area contributed by atoms with Gasteiger partial charge in [-0.15, -0.1) is 0 Å². The minimum atomic E-state index is -5.08. The Balaban J connectivity index is 0.000000448. The zero-order valence-corrected chi connectivity index (χ0v) is 24.4. The SMILES string of the molecule is Fc1cccc(NCC2COC3(COCCN(Cc4cccnc4)C3)C2)c1.O=C(O)C(F)(F)F.O=C(O)C(F)(F)F.O=C(O)C(F)(F)F. The molecule has 270 valence electrons. The molecule has 0 aliphatic carbocycles. The maximum Gasteiger partial charge on any atom is 0.490 e. The summed E-state index contributed by atoms with van der Waals surface area (Å²) in [5.41, 5.74) is 1.76. The Labute approximate surface area is 265 Å². The van der Waals surface area contributed by atoms with Crippen LogP contribution in [0.1, 0.15) is 12.0 Å². The van der Waals surface area contributed by atoms with E-state index in [4.69, 9.17) is 39.2 Å². The van der Waals surface area contributed by atoms with E-state index in [0.29, 0.717) is 19.1 Å². The Morgan fingerprint density at radius 1 is 0.917 bits per heavy atom. The third-order valence-electron chi connectivity index (χ3n) is 5.99. The molecule has 11 nitrogen and oxygen atoms in total. The number of pyridine rings is 1. The number of aliphatic carboxylic acids is 3. The average Bonchev–Trinajstić information content (AvgIpc) is 3.25. The van der Waals surface area contributed by atoms with E-state index in [1.54, 1.807) is 12.3 Å². The lowest BCUT2D eigenvalue weighted by atomic mass is 9.94. The molecule has 2 aromatic rings. The van der Waals surface area contributed by atoms with Gasteiger partial charge < -0.3 is 30.1 Å². The van der Waals surface area contributed by atoms with Gasteiger partial charge in [-0.05, 0) is 36.2 Å². The summed E-state index contributed by atoms with van der Waals surface area (Å²) < 4.78 is 121. The van der Waals surface area contributed by atoms with Crippen LogP contribution >= 0.6 is 0 Å². The molecule has 2 aliphatic heterocycles. The molecule has 4 rings (SSSR count). The van der Waals surface area contributed by atoms with Crippen LogP contribution in [0.4, 0.5) is 49.6 Å². The summed E-state index contributed by atoms with van der Waals surface area (Å²) in [5.74, 6) is -8.11. The van der Waals surface area contributed by atoms with Gasteiger partial charge in [0.1, 0.15) is 11.4 Å². The third-order valence-corrected chi connectivity index (χ3v) is 5.99. The second-order valence-electron chi connectivity index (χ2n) is 9.99. The number of benzene rings is 1. The van der Waals surface area contributed by atoms with Crippen molar-refractivity contribution in [3.8, 4) is 0 Å². The molecule has 1 spiro atoms. The zero-order valence-electron chi connectivity index (χ0n) is 24.4. The number of carbonyl (C=O) groups is 3. The predicted molar refractivity (Wildman–Crippen MR) is 143 cm³/mol. The maximum atomic E-state index is 13.3. The Morgan fingerprint density at radius 2 is 1.48 bits per heavy atom. The number of rotatable bonds is 5. The van der Waals surface area contributed by atoms with Crippen molar-refractivity contribution in [1.82, 2.24) is 9.88 Å². The summed E-state index contributed by atoms with van der Waals surface area (Å²) in [4.78, 5) is 33.3. The highest BCUT2D eigenvalue weighted by molar-refractivity contribution is 5.73. The monoisotopic (exact) mass is 713 g/mol. The fraction of sp³-hybridized carbons (Fsp3) is 0.481. The van der Waals surface area contributed by atoms with Gasteiger partial charge in [0.2, 0.25) is 0 Å². The van der Waals surface area contributed by atoms with Crippen LogP contribution in [-0.2, 0) is 30.4 Å². The van der Waals surface area contributed by atoms with E-state index >= 15 is 0 Å². The van der Waals surface area contributed by atoms with Gasteiger partial charge in [0.25, 0.3) is 0 Å². The Bertz CT molecular complexity index is 1260. The fourth-order valence-electron chi connectivity index (χ4n) is 4.01. The van der Waals surface area contributed by atoms with E-state index in [-0.39, 0.29) is 11.4 Å². The lowest BCUT2D eigenvalue weighted by molar-refractivity contribution is -0.193. The Morgan fingerprint density at radius 3 is 1.96 bits per heavy atom. The Kier molecular flexibility index (Phi) is 16.0. The van der Waals surface area contributed by atoms with Crippen molar-refractivity contribution in [2.24, 2.45) is 5.92 Å². The molecule has 2 saturated heterocycles. The van der Waals surface area contributed by atoms with E-state index < -0.39 is 36.4 Å². The van der Waals surface area contributed by atoms with Crippen LogP contribution in [0, 0.1) is 11.7 Å². The number of nitrogens with zero attached hydrogens (tertiary/aromatic N) is 2. The van der Waals surface area contributed by atoms with Crippen LogP contribution in [0.3, 0.4) is 0 Å². The lowest BCUT2D eigenvalue weighted by Gasteiger charge is -2.31. The number of halogens is 10. The standard InChI is InChI=1S/C21H26FN3O2.3C2HF3O2/c22-19-4-1-5-20(9-19)24-12-18-10-21(27-14-18)15-25(7-8-26-16-21)13-17-3-2-6-23-11-17;3*3-2(4,5)1(6)7/h1-6,9,11,18,24H,7-8,10,12-16H2;3*(H,6,7). The molecule has 2 unspecified atom stereocenters. The van der Waals surface area contributed by atoms with E-state index in [2.05, 4.69) is 21.3 Å². The van der Waals surface area contributed by atoms with Gasteiger partial charge >= 0.3 is 36.4 Å². The minimum absolute atomic E-state index is 0.220. The summed E-state index contributed by atoms with van der Waals surface area (Å²) in [6, 6.07) is 10.7. The molecule has 3 heterocycles. The van der Waals surface area contributed by atoms with Crippen molar-refractivity contribution >= 4 is 23.6 Å². The number of nitrogens with one attached hydrogen (secondary N) is 1. The van der Waals surface area contributed by atoms with Gasteiger partial charge in [-0.25, -0.2) is 18.8 Å². The minimum Gasteiger partial charge on any atom is -0.475 e. The maximum absolute atomic E-state index is 13.3. The predicted octanol–water partition coefficient (Wildman–Crippen LogP) is 4.84. The zero-order chi connectivity index (χ0) is 36.8. The van der Waals surface area contributed by atoms with E-state index in [9.17, 15) is 43.9 Å². The van der Waals surface area contributed by atoms with Crippen LogP contribution < -0.4 is 5.32 Å². The molecule has 0 amide bonds. The molecular weight excluding hydrogens is 684 g/mol. The van der Waals surface area contributed by atoms with Gasteiger partial charge in [-0.3, -0.25) is 9.88 Å². The number of carboxylic acids is 3. The fourth-order valence-corrected chi connectivity index (χ4v) is 4.01. The molecule has 48 heavy (non-hydrogen) atoms. The number of ether oxygens (including phenoxy) is 2. The summed E-state index contributed by atoms with van der Waals surface area (Å²) in [6.45, 7) is 5.43. The smallest absolute Gasteiger partial charge is 0.475 e. The van der Waals surface area contributed by atoms with E-state index in [1.807, 2.05) is 18.3 Å². The topological polar surface area (TPSA) is 159 Å². The molecular formula is C27H29F10N3O8. The van der Waals surface area contributed by atoms with Crippen molar-refractivity contribution in [2.45, 2.75) is 37.1 Å². The second kappa shape index (κ2) is 18.3. The van der Waals surface area contributed by atoms with Crippen molar-refractivity contribution in [1.29, 1.82) is 0 Å². The molecule has 1 aromatic carbocycles. The first-order valence-corrected chi connectivity index (χ1v) is 13.3. The van der Waals surface area contributed by atoms with Crippen molar-refractivity contribution < 1.29 is 83.1 Å². The highest BCUT2D eigenvalue weighted by Crippen LogP contribution is 2.33. The number of hydrogen-bond donors (Lipinski definition) is 4. The summed E-state index contributed by atoms with van der Waals surface area (Å²) in [7, 11) is 0. The van der Waals surface area contributed by atoms with Crippen LogP contribution in [-0.4, -0.2) is 107 Å². The van der Waals surface area contributed by atoms with Crippen LogP contribution in [0.15, 0.2) is 48.8 Å². The van der Waals surface area contributed by atoms with Crippen molar-refractivity contribution in [3.05, 3.63) is 60.2 Å². The van der Waals surface area contributed by atoms with Crippen molar-refractivity contribution in [2.75, 3.05) is 44.8 Å². The number of hydrogen-bond acceptors (Lipinski definition) is 8. The van der Waals surface area contributed by atoms with Gasteiger partial charge in [0.05, 0.1) is 19.8 Å². The molecule has 21 heteroatoms. The summed E-state index contributed by atoms with van der Waals surface area (Å²) >= 11 is 0. The molecule has 2 aliphatic rings. The normalized spacial score (nSPS) is 19.7. The largest absolute Gasteiger partial charge is 0.490 e. The number of alkyl halides is 9. The number of aromatic nitrogens is 1. The summed E-state index contributed by atoms with van der Waals surface area (Å²) in [5, 5.41) is 24.7. The quantitative estimate of drug-likeness (QED) is 0.315. The van der Waals surface area contributed by atoms with Crippen molar-refractivity contribution in [3.63, 3.8) is 0 Å². The molecule has 4 N–H and O–H groups in total. The van der Waals surface area contributed by atoms with Crippen LogP contribution in [0.5, 0.6) is 0 Å². The van der Waals surface area contributed by atoms with Gasteiger partial charge in [-0.1, -0.05) is 12.1 Å². The van der Waals surface area contributed by atoms with Gasteiger partial charge in [0.15, 0.2) is 0 Å². The first kappa shape index (κ1) is 41.8. The molecule has 2 atom stereocenters. The molecule has 0 radical (unpaired) electrons. The molecule has 0 saturated carbocycles. The average molecular weight is 714 g/mol. The number of carboxylic acid groups (broad SMARTS) is 3.